The molecule has 102 valence electrons. The van der Waals surface area contributed by atoms with Crippen LogP contribution in [0.3, 0.4) is 0 Å². The molecule has 1 atom stereocenters. The van der Waals surface area contributed by atoms with Crippen molar-refractivity contribution in [2.45, 2.75) is 24.5 Å². The number of aromatic nitrogens is 1. The van der Waals surface area contributed by atoms with Crippen molar-refractivity contribution in [2.75, 3.05) is 12.3 Å². The van der Waals surface area contributed by atoms with Crippen LogP contribution in [-0.2, 0) is 0 Å². The Labute approximate surface area is 115 Å². The number of hydrogen-bond donors (Lipinski definition) is 2. The second-order valence-corrected chi connectivity index (χ2v) is 6.47. The van der Waals surface area contributed by atoms with Crippen molar-refractivity contribution in [3.8, 4) is 0 Å². The van der Waals surface area contributed by atoms with Crippen molar-refractivity contribution in [1.29, 1.82) is 0 Å². The molecule has 0 spiro atoms. The predicted molar refractivity (Wildman–Crippen MR) is 73.6 cm³/mol. The molecule has 0 saturated carbocycles. The number of thioether (sulfide) groups is 1. The highest BCUT2D eigenvalue weighted by atomic mass is 32.2. The van der Waals surface area contributed by atoms with Gasteiger partial charge in [0.2, 0.25) is 0 Å². The van der Waals surface area contributed by atoms with E-state index in [1.54, 1.807) is 0 Å². The molecule has 1 aliphatic rings. The molecule has 2 heterocycles. The molecular formula is C13H16N2O3S. The van der Waals surface area contributed by atoms with E-state index in [0.29, 0.717) is 6.54 Å². The molecule has 1 amide bonds. The van der Waals surface area contributed by atoms with Gasteiger partial charge in [0.1, 0.15) is 5.69 Å². The maximum absolute atomic E-state index is 12.0. The molecule has 1 aromatic heterocycles. The standard InChI is InChI=1S/C13H16N2O3S/c1-13(5-3-7-19-13)8-15-11(16)10-9(12(17)18)4-2-6-14-10/h2,4,6H,3,5,7-8H2,1H3,(H,15,16)(H,17,18). The minimum absolute atomic E-state index is 0.0263. The lowest BCUT2D eigenvalue weighted by Crippen LogP contribution is -2.37. The molecule has 2 N–H and O–H groups in total. The SMILES string of the molecule is CC1(CNC(=O)c2ncccc2C(=O)O)CCCS1. The Bertz CT molecular complexity index is 498. The largest absolute Gasteiger partial charge is 0.478 e. The molecule has 1 aromatic rings. The van der Waals surface area contributed by atoms with E-state index in [1.807, 2.05) is 11.8 Å². The van der Waals surface area contributed by atoms with Gasteiger partial charge < -0.3 is 10.4 Å². The van der Waals surface area contributed by atoms with Crippen LogP contribution in [0.1, 0.15) is 40.6 Å². The summed E-state index contributed by atoms with van der Waals surface area (Å²) in [6.07, 6.45) is 3.64. The molecule has 19 heavy (non-hydrogen) atoms. The van der Waals surface area contributed by atoms with Gasteiger partial charge in [-0.3, -0.25) is 9.78 Å². The first-order chi connectivity index (χ1) is 9.02. The number of carbonyl (C=O) groups is 2. The third-order valence-electron chi connectivity index (χ3n) is 3.18. The lowest BCUT2D eigenvalue weighted by molar-refractivity contribution is 0.0690. The van der Waals surface area contributed by atoms with Crippen molar-refractivity contribution >= 4 is 23.6 Å². The second-order valence-electron chi connectivity index (χ2n) is 4.79. The number of nitrogens with zero attached hydrogens (tertiary/aromatic N) is 1. The number of amides is 1. The number of rotatable bonds is 4. The quantitative estimate of drug-likeness (QED) is 0.879. The molecule has 1 saturated heterocycles. The maximum atomic E-state index is 12.0. The van der Waals surface area contributed by atoms with Crippen LogP contribution in [0.4, 0.5) is 0 Å². The summed E-state index contributed by atoms with van der Waals surface area (Å²) in [7, 11) is 0. The molecule has 2 rings (SSSR count). The van der Waals surface area contributed by atoms with Crippen LogP contribution < -0.4 is 5.32 Å². The second kappa shape index (κ2) is 5.61. The minimum atomic E-state index is -1.14. The summed E-state index contributed by atoms with van der Waals surface area (Å²) in [6, 6.07) is 2.89. The Hall–Kier alpha value is -1.56. The summed E-state index contributed by atoms with van der Waals surface area (Å²) in [5, 5.41) is 11.8. The van der Waals surface area contributed by atoms with Gasteiger partial charge in [-0.2, -0.15) is 11.8 Å². The monoisotopic (exact) mass is 280 g/mol. The maximum Gasteiger partial charge on any atom is 0.338 e. The zero-order valence-electron chi connectivity index (χ0n) is 10.7. The molecular weight excluding hydrogens is 264 g/mol. The summed E-state index contributed by atoms with van der Waals surface area (Å²) < 4.78 is 0.0494. The highest BCUT2D eigenvalue weighted by molar-refractivity contribution is 8.00. The Balaban J connectivity index is 2.06. The predicted octanol–water partition coefficient (Wildman–Crippen LogP) is 1.80. The number of aromatic carboxylic acids is 1. The molecule has 5 nitrogen and oxygen atoms in total. The Morgan fingerprint density at radius 2 is 2.37 bits per heavy atom. The van der Waals surface area contributed by atoms with Crippen molar-refractivity contribution in [2.24, 2.45) is 0 Å². The molecule has 0 bridgehead atoms. The normalized spacial score (nSPS) is 22.2. The molecule has 0 radical (unpaired) electrons. The number of hydrogen-bond acceptors (Lipinski definition) is 4. The van der Waals surface area contributed by atoms with Crippen molar-refractivity contribution in [3.63, 3.8) is 0 Å². The minimum Gasteiger partial charge on any atom is -0.478 e. The lowest BCUT2D eigenvalue weighted by atomic mass is 10.1. The first-order valence-electron chi connectivity index (χ1n) is 6.12. The fraction of sp³-hybridized carbons (Fsp3) is 0.462. The summed E-state index contributed by atoms with van der Waals surface area (Å²) in [5.41, 5.74) is -0.0918. The van der Waals surface area contributed by atoms with Gasteiger partial charge in [-0.05, 0) is 37.7 Å². The zero-order valence-corrected chi connectivity index (χ0v) is 11.5. The van der Waals surface area contributed by atoms with Crippen molar-refractivity contribution < 1.29 is 14.7 Å². The number of carboxylic acids is 1. The topological polar surface area (TPSA) is 79.3 Å². The van der Waals surface area contributed by atoms with Gasteiger partial charge in [0.25, 0.3) is 5.91 Å². The summed E-state index contributed by atoms with van der Waals surface area (Å²) in [4.78, 5) is 26.9. The van der Waals surface area contributed by atoms with Gasteiger partial charge in [0.15, 0.2) is 0 Å². The van der Waals surface area contributed by atoms with Crippen LogP contribution >= 0.6 is 11.8 Å². The smallest absolute Gasteiger partial charge is 0.338 e. The van der Waals surface area contributed by atoms with Crippen LogP contribution in [0, 0.1) is 0 Å². The van der Waals surface area contributed by atoms with Gasteiger partial charge in [-0.15, -0.1) is 0 Å². The summed E-state index contributed by atoms with van der Waals surface area (Å²) in [6.45, 7) is 2.65. The van der Waals surface area contributed by atoms with Crippen molar-refractivity contribution in [1.82, 2.24) is 10.3 Å². The van der Waals surface area contributed by atoms with Gasteiger partial charge in [-0.1, -0.05) is 0 Å². The average Bonchev–Trinajstić information content (AvgIpc) is 2.83. The third-order valence-corrected chi connectivity index (χ3v) is 4.71. The number of carbonyl (C=O) groups excluding carboxylic acids is 1. The van der Waals surface area contributed by atoms with Crippen LogP contribution in [-0.4, -0.2) is 39.0 Å². The molecule has 1 aliphatic heterocycles. The Morgan fingerprint density at radius 3 is 3.00 bits per heavy atom. The van der Waals surface area contributed by atoms with E-state index < -0.39 is 11.9 Å². The van der Waals surface area contributed by atoms with Gasteiger partial charge in [0, 0.05) is 17.5 Å². The third kappa shape index (κ3) is 3.26. The van der Waals surface area contributed by atoms with E-state index in [-0.39, 0.29) is 16.0 Å². The van der Waals surface area contributed by atoms with Crippen LogP contribution in [0.2, 0.25) is 0 Å². The van der Waals surface area contributed by atoms with E-state index in [2.05, 4.69) is 17.2 Å². The summed E-state index contributed by atoms with van der Waals surface area (Å²) >= 11 is 1.84. The van der Waals surface area contributed by atoms with E-state index in [0.717, 1.165) is 18.6 Å². The molecule has 1 fully saturated rings. The highest BCUT2D eigenvalue weighted by Crippen LogP contribution is 2.36. The number of carboxylic acid groups (broad SMARTS) is 1. The van der Waals surface area contributed by atoms with Crippen molar-refractivity contribution in [3.05, 3.63) is 29.6 Å². The van der Waals surface area contributed by atoms with E-state index in [9.17, 15) is 9.59 Å². The molecule has 6 heteroatoms. The van der Waals surface area contributed by atoms with Gasteiger partial charge in [0.05, 0.1) is 5.56 Å². The number of pyridine rings is 1. The van der Waals surface area contributed by atoms with E-state index >= 15 is 0 Å². The number of nitrogens with one attached hydrogen (secondary N) is 1. The molecule has 0 aromatic carbocycles. The van der Waals surface area contributed by atoms with Crippen LogP contribution in [0.25, 0.3) is 0 Å². The fourth-order valence-electron chi connectivity index (χ4n) is 2.09. The zero-order chi connectivity index (χ0) is 13.9. The first-order valence-corrected chi connectivity index (χ1v) is 7.11. The van der Waals surface area contributed by atoms with Gasteiger partial charge >= 0.3 is 5.97 Å². The average molecular weight is 280 g/mol. The van der Waals surface area contributed by atoms with E-state index in [4.69, 9.17) is 5.11 Å². The Kier molecular flexibility index (Phi) is 4.09. The van der Waals surface area contributed by atoms with Crippen LogP contribution in [0.5, 0.6) is 0 Å². The molecule has 1 unspecified atom stereocenters. The highest BCUT2D eigenvalue weighted by Gasteiger charge is 2.30. The van der Waals surface area contributed by atoms with Gasteiger partial charge in [-0.25, -0.2) is 4.79 Å². The van der Waals surface area contributed by atoms with E-state index in [1.165, 1.54) is 18.3 Å². The first kappa shape index (κ1) is 13.9. The fourth-order valence-corrected chi connectivity index (χ4v) is 3.33. The molecule has 0 aliphatic carbocycles. The Morgan fingerprint density at radius 1 is 1.58 bits per heavy atom. The van der Waals surface area contributed by atoms with Crippen LogP contribution in [0.15, 0.2) is 18.3 Å². The lowest BCUT2D eigenvalue weighted by Gasteiger charge is -2.22. The summed E-state index contributed by atoms with van der Waals surface area (Å²) in [5.74, 6) is -0.456.